The number of carbonyl (C=O) groups is 1. The Morgan fingerprint density at radius 3 is 2.71 bits per heavy atom. The maximum absolute atomic E-state index is 14.1. The van der Waals surface area contributed by atoms with Gasteiger partial charge in [0, 0.05) is 11.9 Å². The zero-order chi connectivity index (χ0) is 15.2. The Kier molecular flexibility index (Phi) is 3.02. The Hall–Kier alpha value is -2.27. The van der Waals surface area contributed by atoms with Crippen LogP contribution in [-0.2, 0) is 5.79 Å². The van der Waals surface area contributed by atoms with E-state index in [1.165, 1.54) is 31.2 Å². The molecule has 2 aromatic carbocycles. The van der Waals surface area contributed by atoms with E-state index in [1.807, 2.05) is 0 Å². The van der Waals surface area contributed by atoms with Crippen molar-refractivity contribution in [2.24, 2.45) is 0 Å². The van der Waals surface area contributed by atoms with E-state index in [0.29, 0.717) is 0 Å². The van der Waals surface area contributed by atoms with E-state index in [1.54, 1.807) is 6.07 Å². The van der Waals surface area contributed by atoms with Crippen molar-refractivity contribution in [3.05, 3.63) is 58.4 Å². The Bertz CT molecular complexity index is 746. The summed E-state index contributed by atoms with van der Waals surface area (Å²) in [6.45, 7) is 1.52. The summed E-state index contributed by atoms with van der Waals surface area (Å²) in [7, 11) is 0. The molecule has 1 atom stereocenters. The number of rotatable bonds is 2. The summed E-state index contributed by atoms with van der Waals surface area (Å²) in [5.41, 5.74) is 0.102. The molecule has 0 spiro atoms. The van der Waals surface area contributed by atoms with Crippen LogP contribution >= 0.6 is 11.6 Å². The van der Waals surface area contributed by atoms with Gasteiger partial charge in [-0.25, -0.2) is 9.18 Å². The van der Waals surface area contributed by atoms with Crippen LogP contribution in [0.4, 0.5) is 4.39 Å². The third-order valence-electron chi connectivity index (χ3n) is 3.23. The molecule has 6 heteroatoms. The number of carboxylic acid groups (broad SMARTS) is 1. The van der Waals surface area contributed by atoms with Gasteiger partial charge in [-0.1, -0.05) is 17.7 Å². The molecule has 0 aliphatic carbocycles. The van der Waals surface area contributed by atoms with Gasteiger partial charge in [0.25, 0.3) is 5.79 Å². The average molecular weight is 309 g/mol. The highest BCUT2D eigenvalue weighted by Gasteiger charge is 2.42. The average Bonchev–Trinajstić information content (AvgIpc) is 2.74. The van der Waals surface area contributed by atoms with Crippen LogP contribution in [0.3, 0.4) is 0 Å². The van der Waals surface area contributed by atoms with E-state index < -0.39 is 17.6 Å². The van der Waals surface area contributed by atoms with Crippen molar-refractivity contribution in [2.45, 2.75) is 12.7 Å². The monoisotopic (exact) mass is 308 g/mol. The van der Waals surface area contributed by atoms with Crippen molar-refractivity contribution in [3.63, 3.8) is 0 Å². The van der Waals surface area contributed by atoms with Crippen molar-refractivity contribution in [2.75, 3.05) is 0 Å². The lowest BCUT2D eigenvalue weighted by molar-refractivity contribution is -0.0709. The molecule has 21 heavy (non-hydrogen) atoms. The first-order chi connectivity index (χ1) is 9.90. The molecule has 0 bridgehead atoms. The van der Waals surface area contributed by atoms with Crippen LogP contribution < -0.4 is 9.47 Å². The molecule has 1 unspecified atom stereocenters. The van der Waals surface area contributed by atoms with Crippen molar-refractivity contribution in [1.82, 2.24) is 0 Å². The molecule has 0 fully saturated rings. The molecule has 1 heterocycles. The number of para-hydroxylation sites is 1. The Balaban J connectivity index is 2.07. The van der Waals surface area contributed by atoms with E-state index in [-0.39, 0.29) is 27.6 Å². The molecule has 0 radical (unpaired) electrons. The van der Waals surface area contributed by atoms with Crippen LogP contribution in [0.5, 0.6) is 11.5 Å². The summed E-state index contributed by atoms with van der Waals surface area (Å²) in [5, 5.41) is 9.41. The van der Waals surface area contributed by atoms with Gasteiger partial charge < -0.3 is 14.6 Å². The maximum Gasteiger partial charge on any atom is 0.339 e. The van der Waals surface area contributed by atoms with Crippen LogP contribution in [0.25, 0.3) is 0 Å². The highest BCUT2D eigenvalue weighted by molar-refractivity contribution is 6.30. The molecular formula is C15H10ClFO4. The first kappa shape index (κ1) is 13.7. The molecule has 0 saturated heterocycles. The molecule has 0 saturated carbocycles. The second-order valence-corrected chi connectivity index (χ2v) is 5.15. The lowest BCUT2D eigenvalue weighted by atomic mass is 10.1. The third kappa shape index (κ3) is 2.19. The number of halogens is 2. The van der Waals surface area contributed by atoms with E-state index >= 15 is 0 Å². The van der Waals surface area contributed by atoms with Crippen LogP contribution in [0.1, 0.15) is 22.8 Å². The number of hydrogen-bond acceptors (Lipinski definition) is 3. The first-order valence-corrected chi connectivity index (χ1v) is 6.48. The topological polar surface area (TPSA) is 55.8 Å². The molecule has 1 N–H and O–H groups in total. The van der Waals surface area contributed by atoms with Gasteiger partial charge in [-0.2, -0.15) is 0 Å². The summed E-state index contributed by atoms with van der Waals surface area (Å²) in [4.78, 5) is 11.2. The fourth-order valence-electron chi connectivity index (χ4n) is 2.26. The van der Waals surface area contributed by atoms with Gasteiger partial charge in [-0.05, 0) is 30.3 Å². The normalized spacial score (nSPS) is 19.6. The minimum absolute atomic E-state index is 0.0365. The molecule has 108 valence electrons. The van der Waals surface area contributed by atoms with E-state index in [0.717, 1.165) is 6.07 Å². The first-order valence-electron chi connectivity index (χ1n) is 6.10. The number of hydrogen-bond donors (Lipinski definition) is 1. The van der Waals surface area contributed by atoms with Crippen LogP contribution in [0.15, 0.2) is 36.4 Å². The van der Waals surface area contributed by atoms with Gasteiger partial charge in [-0.3, -0.25) is 0 Å². The lowest BCUT2D eigenvalue weighted by Crippen LogP contribution is -2.32. The Labute approximate surface area is 124 Å². The summed E-state index contributed by atoms with van der Waals surface area (Å²) >= 11 is 5.73. The number of ether oxygens (including phenoxy) is 2. The zero-order valence-corrected chi connectivity index (χ0v) is 11.6. The van der Waals surface area contributed by atoms with Gasteiger partial charge in [0.15, 0.2) is 11.5 Å². The summed E-state index contributed by atoms with van der Waals surface area (Å²) in [6.07, 6.45) is 0. The SMILES string of the molecule is CC1(c2ccc(Cl)cc2F)Oc2cccc(C(=O)O)c2O1. The predicted octanol–water partition coefficient (Wildman–Crippen LogP) is 3.82. The molecule has 3 rings (SSSR count). The molecule has 4 nitrogen and oxygen atoms in total. The van der Waals surface area contributed by atoms with Crippen LogP contribution in [-0.4, -0.2) is 11.1 Å². The minimum atomic E-state index is -1.44. The number of aromatic carboxylic acids is 1. The van der Waals surface area contributed by atoms with E-state index in [2.05, 4.69) is 0 Å². The van der Waals surface area contributed by atoms with Crippen LogP contribution in [0, 0.1) is 5.82 Å². The predicted molar refractivity (Wildman–Crippen MR) is 73.4 cm³/mol. The third-order valence-corrected chi connectivity index (χ3v) is 3.47. The van der Waals surface area contributed by atoms with Crippen molar-refractivity contribution in [1.29, 1.82) is 0 Å². The highest BCUT2D eigenvalue weighted by atomic mass is 35.5. The smallest absolute Gasteiger partial charge is 0.339 e. The van der Waals surface area contributed by atoms with Crippen molar-refractivity contribution < 1.29 is 23.8 Å². The fraction of sp³-hybridized carbons (Fsp3) is 0.133. The van der Waals surface area contributed by atoms with Crippen LogP contribution in [0.2, 0.25) is 5.02 Å². The number of benzene rings is 2. The molecule has 0 amide bonds. The second kappa shape index (κ2) is 4.63. The molecular weight excluding hydrogens is 299 g/mol. The van der Waals surface area contributed by atoms with Gasteiger partial charge in [0.1, 0.15) is 11.4 Å². The number of fused-ring (bicyclic) bond motifs is 1. The van der Waals surface area contributed by atoms with E-state index in [9.17, 15) is 9.18 Å². The minimum Gasteiger partial charge on any atom is -0.478 e. The Morgan fingerprint density at radius 2 is 2.05 bits per heavy atom. The summed E-state index contributed by atoms with van der Waals surface area (Å²) in [5.74, 6) is -2.83. The molecule has 1 aliphatic heterocycles. The summed E-state index contributed by atoms with van der Waals surface area (Å²) < 4.78 is 25.3. The Morgan fingerprint density at radius 1 is 1.29 bits per heavy atom. The zero-order valence-electron chi connectivity index (χ0n) is 10.9. The molecule has 1 aliphatic rings. The van der Waals surface area contributed by atoms with E-state index in [4.69, 9.17) is 26.2 Å². The summed E-state index contributed by atoms with van der Waals surface area (Å²) in [6, 6.07) is 8.61. The quantitative estimate of drug-likeness (QED) is 0.916. The van der Waals surface area contributed by atoms with Gasteiger partial charge >= 0.3 is 5.97 Å². The highest BCUT2D eigenvalue weighted by Crippen LogP contribution is 2.46. The molecule has 0 aromatic heterocycles. The standard InChI is InChI=1S/C15H10ClFO4/c1-15(10-6-5-8(16)7-11(10)17)20-12-4-2-3-9(14(18)19)13(12)21-15/h2-7H,1H3,(H,18,19). The van der Waals surface area contributed by atoms with Gasteiger partial charge in [0.2, 0.25) is 0 Å². The fourth-order valence-corrected chi connectivity index (χ4v) is 2.42. The van der Waals surface area contributed by atoms with Crippen molar-refractivity contribution >= 4 is 17.6 Å². The number of carboxylic acids is 1. The lowest BCUT2D eigenvalue weighted by Gasteiger charge is -2.24. The van der Waals surface area contributed by atoms with Gasteiger partial charge in [-0.15, -0.1) is 0 Å². The molecule has 2 aromatic rings. The van der Waals surface area contributed by atoms with Gasteiger partial charge in [0.05, 0.1) is 5.56 Å². The van der Waals surface area contributed by atoms with Crippen molar-refractivity contribution in [3.8, 4) is 11.5 Å². The maximum atomic E-state index is 14.1. The second-order valence-electron chi connectivity index (χ2n) is 4.71. The largest absolute Gasteiger partial charge is 0.478 e.